The zero-order valence-electron chi connectivity index (χ0n) is 11.5. The van der Waals surface area contributed by atoms with Gasteiger partial charge >= 0.3 is 0 Å². The van der Waals surface area contributed by atoms with Gasteiger partial charge in [0.05, 0.1) is 11.0 Å². The Kier molecular flexibility index (Phi) is 2.86. The van der Waals surface area contributed by atoms with Gasteiger partial charge in [-0.05, 0) is 35.9 Å². The topological polar surface area (TPSA) is 25.8 Å². The molecule has 0 fully saturated rings. The fraction of sp³-hybridized carbons (Fsp3) is 0.0526. The van der Waals surface area contributed by atoms with Crippen molar-refractivity contribution >= 4 is 21.8 Å². The van der Waals surface area contributed by atoms with E-state index in [9.17, 15) is 0 Å². The average molecular weight is 270 g/mol. The van der Waals surface area contributed by atoms with Crippen molar-refractivity contribution in [3.05, 3.63) is 84.2 Å². The van der Waals surface area contributed by atoms with Crippen LogP contribution in [0.5, 0.6) is 0 Å². The molecule has 0 bridgehead atoms. The number of nitrogens with zero attached hydrogens (tertiary/aromatic N) is 2. The largest absolute Gasteiger partial charge is 0.261 e. The van der Waals surface area contributed by atoms with Crippen LogP contribution < -0.4 is 0 Å². The van der Waals surface area contributed by atoms with E-state index >= 15 is 0 Å². The predicted octanol–water partition coefficient (Wildman–Crippen LogP) is 4.37. The minimum Gasteiger partial charge on any atom is -0.261 e. The van der Waals surface area contributed by atoms with E-state index in [1.165, 1.54) is 16.3 Å². The second-order valence-corrected chi connectivity index (χ2v) is 5.16. The van der Waals surface area contributed by atoms with E-state index in [0.717, 1.165) is 23.1 Å². The van der Waals surface area contributed by atoms with E-state index in [2.05, 4.69) is 53.5 Å². The molecule has 0 radical (unpaired) electrons. The molecule has 2 aromatic heterocycles. The molecule has 21 heavy (non-hydrogen) atoms. The number of para-hydroxylation sites is 1. The summed E-state index contributed by atoms with van der Waals surface area (Å²) in [6.07, 6.45) is 2.67. The Bertz CT molecular complexity index is 914. The third-order valence-electron chi connectivity index (χ3n) is 3.75. The van der Waals surface area contributed by atoms with E-state index < -0.39 is 0 Å². The van der Waals surface area contributed by atoms with Gasteiger partial charge in [0.1, 0.15) is 0 Å². The molecule has 0 N–H and O–H groups in total. The number of benzene rings is 2. The molecule has 0 saturated carbocycles. The third kappa shape index (κ3) is 2.25. The maximum Gasteiger partial charge on any atom is 0.0712 e. The van der Waals surface area contributed by atoms with Crippen molar-refractivity contribution in [2.24, 2.45) is 0 Å². The average Bonchev–Trinajstić information content (AvgIpc) is 2.54. The van der Waals surface area contributed by atoms with Gasteiger partial charge in [-0.3, -0.25) is 4.98 Å². The standard InChI is InChI=1S/C19H14N2/c1-2-9-18-15(6-1)13-17-14(7-5-10-19(17)21-18)12-16-8-3-4-11-20-16/h1-11,13H,12H2. The lowest BCUT2D eigenvalue weighted by Gasteiger charge is -2.07. The van der Waals surface area contributed by atoms with Crippen LogP contribution in [-0.2, 0) is 6.42 Å². The van der Waals surface area contributed by atoms with Crippen LogP contribution in [0.25, 0.3) is 21.8 Å². The number of hydrogen-bond donors (Lipinski definition) is 0. The van der Waals surface area contributed by atoms with Crippen LogP contribution in [0.3, 0.4) is 0 Å². The van der Waals surface area contributed by atoms with Crippen LogP contribution in [-0.4, -0.2) is 9.97 Å². The molecule has 0 aliphatic heterocycles. The first-order chi connectivity index (χ1) is 10.4. The fourth-order valence-electron chi connectivity index (χ4n) is 2.71. The summed E-state index contributed by atoms with van der Waals surface area (Å²) < 4.78 is 0. The zero-order valence-corrected chi connectivity index (χ0v) is 11.5. The Morgan fingerprint density at radius 1 is 0.762 bits per heavy atom. The normalized spacial score (nSPS) is 11.0. The molecule has 100 valence electrons. The first kappa shape index (κ1) is 12.0. The Balaban J connectivity index is 1.90. The van der Waals surface area contributed by atoms with E-state index in [1.54, 1.807) is 0 Å². The molecular formula is C19H14N2. The van der Waals surface area contributed by atoms with Crippen molar-refractivity contribution in [2.75, 3.05) is 0 Å². The molecule has 4 rings (SSSR count). The first-order valence-corrected chi connectivity index (χ1v) is 7.07. The van der Waals surface area contributed by atoms with Gasteiger partial charge in [-0.15, -0.1) is 0 Å². The van der Waals surface area contributed by atoms with Gasteiger partial charge in [-0.1, -0.05) is 36.4 Å². The molecule has 2 heterocycles. The molecule has 2 aromatic carbocycles. The van der Waals surface area contributed by atoms with Crippen LogP contribution >= 0.6 is 0 Å². The molecule has 0 saturated heterocycles. The zero-order chi connectivity index (χ0) is 14.1. The molecule has 4 aromatic rings. The number of pyridine rings is 2. The molecule has 0 aliphatic carbocycles. The van der Waals surface area contributed by atoms with Gasteiger partial charge in [0.15, 0.2) is 0 Å². The van der Waals surface area contributed by atoms with Gasteiger partial charge in [-0.25, -0.2) is 4.98 Å². The van der Waals surface area contributed by atoms with Crippen molar-refractivity contribution < 1.29 is 0 Å². The summed E-state index contributed by atoms with van der Waals surface area (Å²) in [4.78, 5) is 9.18. The van der Waals surface area contributed by atoms with Crippen LogP contribution in [0.15, 0.2) is 72.9 Å². The first-order valence-electron chi connectivity index (χ1n) is 7.07. The lowest BCUT2D eigenvalue weighted by molar-refractivity contribution is 1.08. The lowest BCUT2D eigenvalue weighted by atomic mass is 10.0. The highest BCUT2D eigenvalue weighted by atomic mass is 14.7. The lowest BCUT2D eigenvalue weighted by Crippen LogP contribution is -1.93. The maximum absolute atomic E-state index is 4.76. The predicted molar refractivity (Wildman–Crippen MR) is 86.3 cm³/mol. The van der Waals surface area contributed by atoms with Gasteiger partial charge < -0.3 is 0 Å². The van der Waals surface area contributed by atoms with Crippen molar-refractivity contribution in [3.63, 3.8) is 0 Å². The van der Waals surface area contributed by atoms with E-state index in [-0.39, 0.29) is 0 Å². The molecule has 0 atom stereocenters. The number of rotatable bonds is 2. The Labute approximate surface area is 123 Å². The Morgan fingerprint density at radius 2 is 1.62 bits per heavy atom. The summed E-state index contributed by atoms with van der Waals surface area (Å²) in [5, 5.41) is 2.39. The molecule has 0 amide bonds. The van der Waals surface area contributed by atoms with Crippen molar-refractivity contribution in [3.8, 4) is 0 Å². The quantitative estimate of drug-likeness (QED) is 0.505. The molecule has 0 unspecified atom stereocenters. The summed E-state index contributed by atoms with van der Waals surface area (Å²) >= 11 is 0. The summed E-state index contributed by atoms with van der Waals surface area (Å²) in [6, 6.07) is 22.8. The van der Waals surface area contributed by atoms with Crippen LogP contribution in [0.1, 0.15) is 11.3 Å². The number of fused-ring (bicyclic) bond motifs is 2. The van der Waals surface area contributed by atoms with E-state index in [1.807, 2.05) is 24.4 Å². The number of hydrogen-bond acceptors (Lipinski definition) is 2. The Morgan fingerprint density at radius 3 is 2.52 bits per heavy atom. The minimum atomic E-state index is 0.832. The second-order valence-electron chi connectivity index (χ2n) is 5.16. The van der Waals surface area contributed by atoms with Gasteiger partial charge in [0.25, 0.3) is 0 Å². The smallest absolute Gasteiger partial charge is 0.0712 e. The van der Waals surface area contributed by atoms with Crippen LogP contribution in [0.4, 0.5) is 0 Å². The van der Waals surface area contributed by atoms with E-state index in [4.69, 9.17) is 4.98 Å². The molecule has 0 aliphatic rings. The fourth-order valence-corrected chi connectivity index (χ4v) is 2.71. The third-order valence-corrected chi connectivity index (χ3v) is 3.75. The molecule has 2 nitrogen and oxygen atoms in total. The Hall–Kier alpha value is -2.74. The van der Waals surface area contributed by atoms with Crippen LogP contribution in [0, 0.1) is 0 Å². The molecule has 2 heteroatoms. The maximum atomic E-state index is 4.76. The summed E-state index contributed by atoms with van der Waals surface area (Å²) in [5.74, 6) is 0. The second kappa shape index (κ2) is 4.98. The monoisotopic (exact) mass is 270 g/mol. The molecule has 0 spiro atoms. The van der Waals surface area contributed by atoms with Crippen LogP contribution in [0.2, 0.25) is 0 Å². The van der Waals surface area contributed by atoms with Crippen molar-refractivity contribution in [1.82, 2.24) is 9.97 Å². The van der Waals surface area contributed by atoms with E-state index in [0.29, 0.717) is 0 Å². The summed E-state index contributed by atoms with van der Waals surface area (Å²) in [5.41, 5.74) is 4.43. The van der Waals surface area contributed by atoms with Gasteiger partial charge in [0.2, 0.25) is 0 Å². The van der Waals surface area contributed by atoms with Gasteiger partial charge in [0, 0.05) is 29.1 Å². The summed E-state index contributed by atoms with van der Waals surface area (Å²) in [7, 11) is 0. The minimum absolute atomic E-state index is 0.832. The SMILES string of the molecule is c1ccc(Cc2cccc3nc4ccccc4cc23)nc1. The van der Waals surface area contributed by atoms with Crippen molar-refractivity contribution in [2.45, 2.75) is 6.42 Å². The number of aromatic nitrogens is 2. The summed E-state index contributed by atoms with van der Waals surface area (Å²) in [6.45, 7) is 0. The highest BCUT2D eigenvalue weighted by Crippen LogP contribution is 2.24. The molecular weight excluding hydrogens is 256 g/mol. The van der Waals surface area contributed by atoms with Gasteiger partial charge in [-0.2, -0.15) is 0 Å². The highest BCUT2D eigenvalue weighted by molar-refractivity contribution is 5.94. The van der Waals surface area contributed by atoms with Crippen molar-refractivity contribution in [1.29, 1.82) is 0 Å². The highest BCUT2D eigenvalue weighted by Gasteiger charge is 2.05.